The van der Waals surface area contributed by atoms with Crippen LogP contribution >= 0.6 is 12.4 Å². The lowest BCUT2D eigenvalue weighted by Gasteiger charge is -2.18. The Bertz CT molecular complexity index is 832. The molecule has 0 amide bonds. The molecular weight excluding hydrogens is 344 g/mol. The Morgan fingerprint density at radius 1 is 1.00 bits per heavy atom. The molecule has 26 heavy (non-hydrogen) atoms. The lowest BCUT2D eigenvalue weighted by Crippen LogP contribution is -2.28. The molecule has 1 aliphatic rings. The molecule has 0 bridgehead atoms. The third-order valence-electron chi connectivity index (χ3n) is 5.08. The van der Waals surface area contributed by atoms with Crippen molar-refractivity contribution in [2.75, 3.05) is 13.1 Å². The number of imidazole rings is 1. The van der Waals surface area contributed by atoms with E-state index in [1.54, 1.807) is 0 Å². The van der Waals surface area contributed by atoms with E-state index in [-0.39, 0.29) is 18.4 Å². The monoisotopic (exact) mass is 368 g/mol. The molecule has 0 spiro atoms. The summed E-state index contributed by atoms with van der Waals surface area (Å²) in [5.74, 6) is 1.42. The molecule has 2 atom stereocenters. The maximum atomic E-state index is 6.45. The summed E-state index contributed by atoms with van der Waals surface area (Å²) in [7, 11) is 0. The van der Waals surface area contributed by atoms with Crippen molar-refractivity contribution in [2.24, 2.45) is 5.73 Å². The van der Waals surface area contributed by atoms with E-state index in [4.69, 9.17) is 5.73 Å². The molecule has 1 saturated heterocycles. The van der Waals surface area contributed by atoms with Crippen LogP contribution in [0, 0.1) is 6.92 Å². The minimum atomic E-state index is 0. The smallest absolute Gasteiger partial charge is 0.110 e. The van der Waals surface area contributed by atoms with E-state index in [2.05, 4.69) is 76.0 Å². The average molecular weight is 369 g/mol. The maximum Gasteiger partial charge on any atom is 0.110 e. The number of para-hydroxylation sites is 1. The van der Waals surface area contributed by atoms with Crippen LogP contribution < -0.4 is 5.73 Å². The van der Waals surface area contributed by atoms with Crippen LogP contribution in [0.4, 0.5) is 0 Å². The molecule has 1 aliphatic heterocycles. The number of hydrogen-bond donors (Lipinski definition) is 1. The van der Waals surface area contributed by atoms with Crippen molar-refractivity contribution in [3.63, 3.8) is 0 Å². The fourth-order valence-corrected chi connectivity index (χ4v) is 3.86. The van der Waals surface area contributed by atoms with Crippen LogP contribution in [0.2, 0.25) is 0 Å². The van der Waals surface area contributed by atoms with Crippen LogP contribution in [-0.2, 0) is 6.54 Å². The van der Waals surface area contributed by atoms with Gasteiger partial charge in [-0.15, -0.1) is 12.4 Å². The van der Waals surface area contributed by atoms with Crippen molar-refractivity contribution in [3.05, 3.63) is 83.9 Å². The van der Waals surface area contributed by atoms with Gasteiger partial charge in [0.2, 0.25) is 0 Å². The van der Waals surface area contributed by atoms with Crippen molar-refractivity contribution in [3.8, 4) is 5.69 Å². The van der Waals surface area contributed by atoms with Gasteiger partial charge in [0.1, 0.15) is 5.82 Å². The summed E-state index contributed by atoms with van der Waals surface area (Å²) in [6.07, 6.45) is 1.99. The SMILES string of the molecule is Cc1ncc(CN2C[C@@H](N)[C@H](c3ccccc3)C2)n1-c1ccccc1.Cl. The molecule has 1 aromatic heterocycles. The van der Waals surface area contributed by atoms with Gasteiger partial charge < -0.3 is 5.73 Å². The Morgan fingerprint density at radius 3 is 2.35 bits per heavy atom. The topological polar surface area (TPSA) is 47.1 Å². The molecule has 1 fully saturated rings. The highest BCUT2D eigenvalue weighted by Gasteiger charge is 2.31. The fraction of sp³-hybridized carbons (Fsp3) is 0.286. The molecule has 0 unspecified atom stereocenters. The Kier molecular flexibility index (Phi) is 5.77. The summed E-state index contributed by atoms with van der Waals surface area (Å²) >= 11 is 0. The molecule has 0 radical (unpaired) electrons. The quantitative estimate of drug-likeness (QED) is 0.766. The number of aromatic nitrogens is 2. The first-order valence-corrected chi connectivity index (χ1v) is 8.84. The van der Waals surface area contributed by atoms with E-state index in [1.165, 1.54) is 11.3 Å². The maximum absolute atomic E-state index is 6.45. The number of rotatable bonds is 4. The normalized spacial score (nSPS) is 20.1. The van der Waals surface area contributed by atoms with Crippen LogP contribution in [0.15, 0.2) is 66.9 Å². The van der Waals surface area contributed by atoms with Gasteiger partial charge in [0.25, 0.3) is 0 Å². The van der Waals surface area contributed by atoms with Crippen LogP contribution in [0.25, 0.3) is 5.69 Å². The van der Waals surface area contributed by atoms with Crippen molar-refractivity contribution in [1.82, 2.24) is 14.5 Å². The van der Waals surface area contributed by atoms with Crippen LogP contribution in [0.5, 0.6) is 0 Å². The van der Waals surface area contributed by atoms with E-state index in [0.717, 1.165) is 31.1 Å². The number of likely N-dealkylation sites (tertiary alicyclic amines) is 1. The summed E-state index contributed by atoms with van der Waals surface area (Å²) in [4.78, 5) is 6.98. The second-order valence-electron chi connectivity index (χ2n) is 6.84. The largest absolute Gasteiger partial charge is 0.326 e. The second-order valence-corrected chi connectivity index (χ2v) is 6.84. The molecule has 4 rings (SSSR count). The summed E-state index contributed by atoms with van der Waals surface area (Å²) in [5, 5.41) is 0. The Hall–Kier alpha value is -2.14. The number of nitrogens with zero attached hydrogens (tertiary/aromatic N) is 3. The molecule has 2 N–H and O–H groups in total. The lowest BCUT2D eigenvalue weighted by atomic mass is 9.95. The average Bonchev–Trinajstić information content (AvgIpc) is 3.19. The summed E-state index contributed by atoms with van der Waals surface area (Å²) in [5.41, 5.74) is 10.2. The van der Waals surface area contributed by atoms with E-state index < -0.39 is 0 Å². The van der Waals surface area contributed by atoms with Gasteiger partial charge in [-0.1, -0.05) is 48.5 Å². The van der Waals surface area contributed by atoms with E-state index >= 15 is 0 Å². The second kappa shape index (κ2) is 8.04. The van der Waals surface area contributed by atoms with Gasteiger partial charge in [-0.2, -0.15) is 0 Å². The highest BCUT2D eigenvalue weighted by Crippen LogP contribution is 2.28. The molecule has 5 heteroatoms. The molecule has 0 saturated carbocycles. The number of aryl methyl sites for hydroxylation is 1. The molecule has 4 nitrogen and oxygen atoms in total. The lowest BCUT2D eigenvalue weighted by molar-refractivity contribution is 0.317. The Balaban J connectivity index is 0.00000196. The molecule has 2 aromatic carbocycles. The third-order valence-corrected chi connectivity index (χ3v) is 5.08. The Morgan fingerprint density at radius 2 is 1.65 bits per heavy atom. The molecule has 136 valence electrons. The predicted octanol–water partition coefficient (Wildman–Crippen LogP) is 3.53. The zero-order valence-corrected chi connectivity index (χ0v) is 15.8. The van der Waals surface area contributed by atoms with Crippen molar-refractivity contribution >= 4 is 12.4 Å². The van der Waals surface area contributed by atoms with Gasteiger partial charge in [-0.05, 0) is 24.6 Å². The standard InChI is InChI=1S/C21H24N4.ClH/c1-16-23-12-19(25(16)18-10-6-3-7-11-18)13-24-14-20(21(22)15-24)17-8-4-2-5-9-17;/h2-12,20-21H,13-15,22H2,1H3;1H/t20-,21+;/m0./s1. The van der Waals surface area contributed by atoms with Gasteiger partial charge in [0.05, 0.1) is 11.9 Å². The number of nitrogens with two attached hydrogens (primary N) is 1. The highest BCUT2D eigenvalue weighted by molar-refractivity contribution is 5.85. The van der Waals surface area contributed by atoms with E-state index in [9.17, 15) is 0 Å². The highest BCUT2D eigenvalue weighted by atomic mass is 35.5. The number of hydrogen-bond acceptors (Lipinski definition) is 3. The van der Waals surface area contributed by atoms with Crippen molar-refractivity contribution < 1.29 is 0 Å². The van der Waals surface area contributed by atoms with Crippen molar-refractivity contribution in [1.29, 1.82) is 0 Å². The number of halogens is 1. The first-order valence-electron chi connectivity index (χ1n) is 8.84. The first kappa shape index (κ1) is 18.6. The first-order chi connectivity index (χ1) is 12.2. The molecule has 3 aromatic rings. The number of benzene rings is 2. The van der Waals surface area contributed by atoms with Crippen LogP contribution in [0.3, 0.4) is 0 Å². The summed E-state index contributed by atoms with van der Waals surface area (Å²) in [6, 6.07) is 21.2. The molecule has 2 heterocycles. The van der Waals surface area contributed by atoms with E-state index in [1.807, 2.05) is 12.3 Å². The fourth-order valence-electron chi connectivity index (χ4n) is 3.86. The van der Waals surface area contributed by atoms with Gasteiger partial charge in [0, 0.05) is 37.3 Å². The van der Waals surface area contributed by atoms with E-state index in [0.29, 0.717) is 5.92 Å². The predicted molar refractivity (Wildman–Crippen MR) is 108 cm³/mol. The minimum Gasteiger partial charge on any atom is -0.326 e. The minimum absolute atomic E-state index is 0. The summed E-state index contributed by atoms with van der Waals surface area (Å²) in [6.45, 7) is 4.83. The van der Waals surface area contributed by atoms with Gasteiger partial charge in [0.15, 0.2) is 0 Å². The van der Waals surface area contributed by atoms with Crippen LogP contribution in [-0.4, -0.2) is 33.6 Å². The third kappa shape index (κ3) is 3.68. The van der Waals surface area contributed by atoms with Crippen molar-refractivity contribution in [2.45, 2.75) is 25.4 Å². The molecule has 0 aliphatic carbocycles. The summed E-state index contributed by atoms with van der Waals surface area (Å²) < 4.78 is 2.24. The Labute approximate surface area is 161 Å². The molecular formula is C21H25ClN4. The zero-order valence-electron chi connectivity index (χ0n) is 15.0. The van der Waals surface area contributed by atoms with Gasteiger partial charge in [-0.3, -0.25) is 9.47 Å². The van der Waals surface area contributed by atoms with Gasteiger partial charge in [-0.25, -0.2) is 4.98 Å². The van der Waals surface area contributed by atoms with Crippen LogP contribution in [0.1, 0.15) is 23.0 Å². The van der Waals surface area contributed by atoms with Gasteiger partial charge >= 0.3 is 0 Å². The zero-order chi connectivity index (χ0) is 17.2.